The molecule has 0 saturated carbocycles. The lowest BCUT2D eigenvalue weighted by molar-refractivity contribution is -0.154. The number of allylic oxidation sites excluding steroid dienone is 5. The van der Waals surface area contributed by atoms with E-state index in [1.165, 1.54) is 13.2 Å². The Morgan fingerprint density at radius 3 is 2.29 bits per heavy atom. The van der Waals surface area contributed by atoms with Gasteiger partial charge in [-0.05, 0) is 50.6 Å². The van der Waals surface area contributed by atoms with Crippen LogP contribution in [0.25, 0.3) is 0 Å². The molecule has 13 nitrogen and oxygen atoms in total. The van der Waals surface area contributed by atoms with Crippen molar-refractivity contribution in [2.45, 2.75) is 98.8 Å². The van der Waals surface area contributed by atoms with Crippen LogP contribution in [0.5, 0.6) is 11.5 Å². The number of amides is 1. The number of benzene rings is 1. The second kappa shape index (κ2) is 16.4. The first kappa shape index (κ1) is 43.3. The molecule has 1 aliphatic carbocycles. The maximum atomic E-state index is 14.6. The highest BCUT2D eigenvalue weighted by atomic mass is 79.9. The number of piperidine rings is 1. The van der Waals surface area contributed by atoms with Gasteiger partial charge in [-0.15, -0.1) is 0 Å². The van der Waals surface area contributed by atoms with Gasteiger partial charge in [-0.25, -0.2) is 0 Å². The molecule has 314 valence electrons. The Balaban J connectivity index is 1.49. The standard InChI is InChI=1S/C44H57BrN4O9/c1-21-14-19-56-43(9)41(54)32-30-31(37(52)28(8)40(32)58-43)38(53)35(34-33(30)47-44(48-34)15-17-49(10)18-16-44)46-42(55)23(3)13-11-12-22(2)39(57-29(50)20-45)27(7)36(51)26(6)25(5)24(21)4/h11-14,19,21-22,24-27,36,39,48,51-52H,15-18,20H2,1-10H3,(H,46,55)/b12-11+,19-14+,23-13-/t21-,22-,24+,25+,26-,27-,36-,39-,43-/m0/s1. The molecule has 4 N–H and O–H groups in total. The van der Waals surface area contributed by atoms with Gasteiger partial charge in [-0.2, -0.15) is 0 Å². The molecule has 0 unspecified atom stereocenters. The van der Waals surface area contributed by atoms with E-state index >= 15 is 0 Å². The third-order valence-electron chi connectivity index (χ3n) is 13.3. The fourth-order valence-electron chi connectivity index (χ4n) is 8.78. The number of likely N-dealkylation sites (tertiary alicyclic amines) is 1. The van der Waals surface area contributed by atoms with Crippen LogP contribution in [0.1, 0.15) is 100 Å². The Morgan fingerprint density at radius 1 is 0.966 bits per heavy atom. The molecular formula is C44H57BrN4O9. The van der Waals surface area contributed by atoms with E-state index in [9.17, 15) is 29.4 Å². The number of phenolic OH excluding ortho intramolecular Hbond substituents is 1. The molecule has 1 amide bonds. The van der Waals surface area contributed by atoms with Crippen molar-refractivity contribution in [3.05, 3.63) is 69.8 Å². The predicted molar refractivity (Wildman–Crippen MR) is 223 cm³/mol. The minimum absolute atomic E-state index is 0.00444. The number of Topliss-reactive ketones (excluding diaryl/α,β-unsaturated/α-hetero) is 2. The average Bonchev–Trinajstić information content (AvgIpc) is 3.70. The molecule has 1 aromatic rings. The van der Waals surface area contributed by atoms with E-state index in [2.05, 4.69) is 45.3 Å². The number of aromatic hydroxyl groups is 1. The fourth-order valence-corrected chi connectivity index (χ4v) is 8.91. The van der Waals surface area contributed by atoms with Gasteiger partial charge in [0.05, 0.1) is 34.9 Å². The summed E-state index contributed by atoms with van der Waals surface area (Å²) >= 11 is 3.19. The van der Waals surface area contributed by atoms with E-state index in [0.29, 0.717) is 25.9 Å². The number of aliphatic hydroxyl groups excluding tert-OH is 1. The number of hydrogen-bond donors (Lipinski definition) is 4. The number of ether oxygens (including phenoxy) is 3. The molecule has 1 aromatic carbocycles. The number of aliphatic imine (C=N–C) groups is 1. The van der Waals surface area contributed by atoms with Crippen LogP contribution < -0.4 is 15.4 Å². The molecule has 7 rings (SSSR count). The Labute approximate surface area is 349 Å². The van der Waals surface area contributed by atoms with Crippen LogP contribution in [0.4, 0.5) is 0 Å². The zero-order chi connectivity index (χ0) is 42.6. The number of rotatable bonds is 2. The monoisotopic (exact) mass is 864 g/mol. The van der Waals surface area contributed by atoms with Crippen LogP contribution >= 0.6 is 15.9 Å². The predicted octanol–water partition coefficient (Wildman–Crippen LogP) is 5.86. The number of fused-ring (bicyclic) bond motifs is 13. The van der Waals surface area contributed by atoms with Gasteiger partial charge < -0.3 is 40.0 Å². The second-order valence-electron chi connectivity index (χ2n) is 17.2. The molecule has 9 atom stereocenters. The van der Waals surface area contributed by atoms with Gasteiger partial charge in [0.1, 0.15) is 34.3 Å². The lowest BCUT2D eigenvalue weighted by atomic mass is 9.72. The average molecular weight is 866 g/mol. The van der Waals surface area contributed by atoms with Crippen LogP contribution in [-0.4, -0.2) is 93.4 Å². The maximum Gasteiger partial charge on any atom is 0.316 e. The minimum atomic E-state index is -1.83. The summed E-state index contributed by atoms with van der Waals surface area (Å²) in [7, 11) is 2.02. The number of alkyl halides is 1. The number of esters is 1. The van der Waals surface area contributed by atoms with Crippen molar-refractivity contribution >= 4 is 45.1 Å². The normalized spacial score (nSPS) is 34.9. The van der Waals surface area contributed by atoms with Crippen LogP contribution in [0.2, 0.25) is 0 Å². The van der Waals surface area contributed by atoms with E-state index in [4.69, 9.17) is 19.2 Å². The molecule has 5 bridgehead atoms. The van der Waals surface area contributed by atoms with Crippen molar-refractivity contribution in [1.29, 1.82) is 0 Å². The number of aliphatic hydroxyl groups is 1. The quantitative estimate of drug-likeness (QED) is 0.207. The third kappa shape index (κ3) is 7.67. The molecule has 1 saturated heterocycles. The summed E-state index contributed by atoms with van der Waals surface area (Å²) in [4.78, 5) is 63.0. The van der Waals surface area contributed by atoms with Gasteiger partial charge in [-0.3, -0.25) is 24.2 Å². The zero-order valence-corrected chi connectivity index (χ0v) is 36.7. The van der Waals surface area contributed by atoms with Gasteiger partial charge in [0.2, 0.25) is 5.78 Å². The summed E-state index contributed by atoms with van der Waals surface area (Å²) in [6, 6.07) is 0. The van der Waals surface area contributed by atoms with Crippen LogP contribution in [0.3, 0.4) is 0 Å². The van der Waals surface area contributed by atoms with Crippen molar-refractivity contribution in [1.82, 2.24) is 15.5 Å². The van der Waals surface area contributed by atoms with Crippen molar-refractivity contribution in [3.8, 4) is 11.5 Å². The summed E-state index contributed by atoms with van der Waals surface area (Å²) in [6.45, 7) is 18.1. The Bertz CT molecular complexity index is 2050. The highest BCUT2D eigenvalue weighted by molar-refractivity contribution is 9.09. The lowest BCUT2D eigenvalue weighted by Gasteiger charge is -2.38. The first-order valence-corrected chi connectivity index (χ1v) is 21.3. The number of nitrogens with zero attached hydrogens (tertiary/aromatic N) is 2. The number of carbonyl (C=O) groups is 4. The van der Waals surface area contributed by atoms with E-state index in [-0.39, 0.29) is 91.4 Å². The summed E-state index contributed by atoms with van der Waals surface area (Å²) in [5, 5.41) is 29.7. The van der Waals surface area contributed by atoms with E-state index < -0.39 is 53.0 Å². The zero-order valence-electron chi connectivity index (χ0n) is 35.1. The fraction of sp³-hybridized carbons (Fsp3) is 0.568. The van der Waals surface area contributed by atoms with Crippen molar-refractivity contribution in [2.24, 2.45) is 40.5 Å². The number of nitrogens with one attached hydrogen (secondary N) is 2. The second-order valence-corrected chi connectivity index (χ2v) is 17.7. The van der Waals surface area contributed by atoms with E-state index in [1.54, 1.807) is 26.0 Å². The van der Waals surface area contributed by atoms with E-state index in [1.807, 2.05) is 46.9 Å². The van der Waals surface area contributed by atoms with Gasteiger partial charge >= 0.3 is 11.8 Å². The molecule has 5 aliphatic heterocycles. The maximum absolute atomic E-state index is 14.6. The van der Waals surface area contributed by atoms with Gasteiger partial charge in [0.15, 0.2) is 0 Å². The third-order valence-corrected chi connectivity index (χ3v) is 13.7. The molecular weight excluding hydrogens is 808 g/mol. The van der Waals surface area contributed by atoms with Crippen molar-refractivity contribution in [3.63, 3.8) is 0 Å². The Hall–Kier alpha value is -4.27. The highest BCUT2D eigenvalue weighted by Crippen LogP contribution is 2.50. The van der Waals surface area contributed by atoms with Crippen LogP contribution in [0.15, 0.2) is 52.5 Å². The molecule has 0 radical (unpaired) electrons. The molecule has 5 heterocycles. The van der Waals surface area contributed by atoms with Crippen LogP contribution in [-0.2, 0) is 19.1 Å². The van der Waals surface area contributed by atoms with Gasteiger partial charge in [-0.1, -0.05) is 75.7 Å². The SMILES string of the molecule is C/C1=C/C=C/[C@H](C)[C@H](OC(=O)CBr)[C@@H](C)[C@@H](O)[C@@H](C)[C@H](C)[C@H](C)[C@@H](C)/C=C/O[C@@]2(C)Oc3c(C)c(O)c4c(c3C2=O)C2=NC3(CCN(C)CC3)NC2=C(NC1=O)C4=O. The Kier molecular flexibility index (Phi) is 12.3. The highest BCUT2D eigenvalue weighted by Gasteiger charge is 2.54. The van der Waals surface area contributed by atoms with Crippen molar-refractivity contribution < 1.29 is 43.6 Å². The topological polar surface area (TPSA) is 176 Å². The summed E-state index contributed by atoms with van der Waals surface area (Å²) < 4.78 is 18.3. The molecule has 1 fully saturated rings. The number of hydrogen-bond acceptors (Lipinski definition) is 12. The smallest absolute Gasteiger partial charge is 0.316 e. The number of carbonyl (C=O) groups excluding carboxylic acids is 4. The Morgan fingerprint density at radius 2 is 1.64 bits per heavy atom. The van der Waals surface area contributed by atoms with Gasteiger partial charge in [0, 0.05) is 61.4 Å². The first-order chi connectivity index (χ1) is 27.3. The summed E-state index contributed by atoms with van der Waals surface area (Å²) in [5.41, 5.74) is 0.174. The molecule has 6 aliphatic rings. The molecule has 0 aromatic heterocycles. The lowest BCUT2D eigenvalue weighted by Crippen LogP contribution is -2.49. The first-order valence-electron chi connectivity index (χ1n) is 20.2. The van der Waals surface area contributed by atoms with Gasteiger partial charge in [0.25, 0.3) is 11.7 Å². The number of halogens is 1. The van der Waals surface area contributed by atoms with Crippen molar-refractivity contribution in [2.75, 3.05) is 25.5 Å². The largest absolute Gasteiger partial charge is 0.507 e. The number of phenols is 1. The molecule has 14 heteroatoms. The number of ketones is 2. The minimum Gasteiger partial charge on any atom is -0.507 e. The summed E-state index contributed by atoms with van der Waals surface area (Å²) in [5.74, 6) is -5.38. The van der Waals surface area contributed by atoms with Crippen LogP contribution in [0, 0.1) is 42.4 Å². The van der Waals surface area contributed by atoms with E-state index in [0.717, 1.165) is 0 Å². The molecule has 58 heavy (non-hydrogen) atoms. The summed E-state index contributed by atoms with van der Waals surface area (Å²) in [6.07, 6.45) is 8.09. The molecule has 1 spiro atoms.